The van der Waals surface area contributed by atoms with Crippen LogP contribution in [0.3, 0.4) is 0 Å². The van der Waals surface area contributed by atoms with E-state index in [1.807, 2.05) is 0 Å². The molecular formula is C13H23N3O3S. The molecule has 1 saturated carbocycles. The number of nitrogens with zero attached hydrogens (tertiary/aromatic N) is 1. The first-order valence-electron chi connectivity index (χ1n) is 6.70. The molecule has 0 saturated heterocycles. The van der Waals surface area contributed by atoms with E-state index in [0.29, 0.717) is 18.2 Å². The second-order valence-electron chi connectivity index (χ2n) is 6.63. The minimum atomic E-state index is -3.65. The van der Waals surface area contributed by atoms with E-state index in [1.165, 1.54) is 0 Å². The van der Waals surface area contributed by atoms with E-state index in [4.69, 9.17) is 0 Å². The molecule has 1 aliphatic carbocycles. The fourth-order valence-corrected chi connectivity index (χ4v) is 4.44. The summed E-state index contributed by atoms with van der Waals surface area (Å²) in [6.07, 6.45) is 0. The lowest BCUT2D eigenvalue weighted by Gasteiger charge is -2.08. The third-order valence-corrected chi connectivity index (χ3v) is 6.80. The van der Waals surface area contributed by atoms with Gasteiger partial charge in [0.25, 0.3) is 0 Å². The summed E-state index contributed by atoms with van der Waals surface area (Å²) < 4.78 is 27.4. The van der Waals surface area contributed by atoms with Crippen molar-refractivity contribution in [3.63, 3.8) is 0 Å². The number of aliphatic hydroxyl groups is 1. The molecule has 0 bridgehead atoms. The Bertz CT molecular complexity index is 603. The predicted octanol–water partition coefficient (Wildman–Crippen LogP) is 1.17. The largest absolute Gasteiger partial charge is 0.390 e. The first-order valence-corrected chi connectivity index (χ1v) is 8.18. The van der Waals surface area contributed by atoms with E-state index < -0.39 is 16.6 Å². The number of aromatic nitrogens is 2. The van der Waals surface area contributed by atoms with Crippen molar-refractivity contribution in [2.45, 2.75) is 46.1 Å². The van der Waals surface area contributed by atoms with E-state index in [1.54, 1.807) is 6.92 Å². The molecular weight excluding hydrogens is 278 g/mol. The Hall–Kier alpha value is -0.920. The lowest BCUT2D eigenvalue weighted by Crippen LogP contribution is -2.28. The van der Waals surface area contributed by atoms with Gasteiger partial charge in [-0.25, -0.2) is 13.1 Å². The molecule has 0 spiro atoms. The van der Waals surface area contributed by atoms with Gasteiger partial charge in [-0.15, -0.1) is 0 Å². The molecule has 7 heteroatoms. The maximum absolute atomic E-state index is 12.4. The first kappa shape index (κ1) is 15.5. The highest BCUT2D eigenvalue weighted by atomic mass is 32.2. The molecule has 0 atom stereocenters. The molecule has 1 aromatic heterocycles. The Kier molecular flexibility index (Phi) is 3.51. The van der Waals surface area contributed by atoms with Crippen molar-refractivity contribution in [2.24, 2.45) is 16.7 Å². The summed E-state index contributed by atoms with van der Waals surface area (Å²) in [7, 11) is -3.65. The van der Waals surface area contributed by atoms with Crippen molar-refractivity contribution in [1.29, 1.82) is 0 Å². The van der Waals surface area contributed by atoms with Crippen LogP contribution in [0.1, 0.15) is 39.1 Å². The Morgan fingerprint density at radius 1 is 1.30 bits per heavy atom. The van der Waals surface area contributed by atoms with Gasteiger partial charge in [0.05, 0.1) is 12.3 Å². The van der Waals surface area contributed by atoms with Gasteiger partial charge < -0.3 is 5.11 Å². The third-order valence-electron chi connectivity index (χ3n) is 5.18. The molecule has 0 aliphatic heterocycles. The number of H-pyrrole nitrogens is 1. The Labute approximate surface area is 120 Å². The number of hydrogen-bond donors (Lipinski definition) is 3. The standard InChI is InChI=1S/C13H23N3O3S/c1-8-11(9(7-17)16-15-8)20(18,19)14-6-10-12(2,3)13(10,4)5/h10,14,17H,6-7H2,1-5H3,(H,15,16). The van der Waals surface area contributed by atoms with E-state index in [-0.39, 0.29) is 21.4 Å². The summed E-state index contributed by atoms with van der Waals surface area (Å²) in [6, 6.07) is 0. The highest BCUT2D eigenvalue weighted by molar-refractivity contribution is 7.89. The monoisotopic (exact) mass is 301 g/mol. The van der Waals surface area contributed by atoms with Crippen molar-refractivity contribution >= 4 is 10.0 Å². The maximum atomic E-state index is 12.4. The zero-order chi connectivity index (χ0) is 15.3. The first-order chi connectivity index (χ1) is 9.05. The second-order valence-corrected chi connectivity index (χ2v) is 8.33. The van der Waals surface area contributed by atoms with Crippen LogP contribution in [0.15, 0.2) is 4.90 Å². The quantitative estimate of drug-likeness (QED) is 0.761. The zero-order valence-electron chi connectivity index (χ0n) is 12.6. The lowest BCUT2D eigenvalue weighted by molar-refractivity contribution is 0.273. The van der Waals surface area contributed by atoms with Gasteiger partial charge in [0.2, 0.25) is 10.0 Å². The van der Waals surface area contributed by atoms with Gasteiger partial charge >= 0.3 is 0 Å². The summed E-state index contributed by atoms with van der Waals surface area (Å²) in [5.74, 6) is 0.301. The molecule has 0 unspecified atom stereocenters. The zero-order valence-corrected chi connectivity index (χ0v) is 13.4. The van der Waals surface area contributed by atoms with Gasteiger partial charge in [-0.3, -0.25) is 5.10 Å². The smallest absolute Gasteiger partial charge is 0.244 e. The van der Waals surface area contributed by atoms with Crippen LogP contribution in [-0.2, 0) is 16.6 Å². The molecule has 1 fully saturated rings. The predicted molar refractivity (Wildman–Crippen MR) is 75.5 cm³/mol. The Morgan fingerprint density at radius 2 is 1.85 bits per heavy atom. The molecule has 1 aromatic rings. The summed E-state index contributed by atoms with van der Waals surface area (Å²) in [5, 5.41) is 15.6. The van der Waals surface area contributed by atoms with E-state index in [0.717, 1.165) is 0 Å². The molecule has 20 heavy (non-hydrogen) atoms. The summed E-state index contributed by atoms with van der Waals surface area (Å²) in [5.41, 5.74) is 0.849. The van der Waals surface area contributed by atoms with Gasteiger partial charge in [0.15, 0.2) is 0 Å². The van der Waals surface area contributed by atoms with Gasteiger partial charge in [-0.1, -0.05) is 27.7 Å². The fraction of sp³-hybridized carbons (Fsp3) is 0.769. The van der Waals surface area contributed by atoms with Crippen LogP contribution in [0, 0.1) is 23.7 Å². The van der Waals surface area contributed by atoms with Crippen LogP contribution in [-0.4, -0.2) is 30.3 Å². The number of aromatic amines is 1. The second kappa shape index (κ2) is 4.54. The molecule has 2 rings (SSSR count). The molecule has 6 nitrogen and oxygen atoms in total. The molecule has 0 radical (unpaired) electrons. The van der Waals surface area contributed by atoms with Crippen LogP contribution in [0.25, 0.3) is 0 Å². The van der Waals surface area contributed by atoms with Crippen molar-refractivity contribution < 1.29 is 13.5 Å². The SMILES string of the molecule is Cc1[nH]nc(CO)c1S(=O)(=O)NCC1C(C)(C)C1(C)C. The number of sulfonamides is 1. The maximum Gasteiger partial charge on any atom is 0.244 e. The normalized spacial score (nSPS) is 21.1. The number of hydrogen-bond acceptors (Lipinski definition) is 4. The third kappa shape index (κ3) is 2.17. The summed E-state index contributed by atoms with van der Waals surface area (Å²) in [6.45, 7) is 10.2. The van der Waals surface area contributed by atoms with Gasteiger partial charge in [-0.05, 0) is 23.7 Å². The van der Waals surface area contributed by atoms with Crippen molar-refractivity contribution in [1.82, 2.24) is 14.9 Å². The van der Waals surface area contributed by atoms with E-state index in [9.17, 15) is 13.5 Å². The van der Waals surface area contributed by atoms with Crippen LogP contribution in [0.2, 0.25) is 0 Å². The summed E-state index contributed by atoms with van der Waals surface area (Å²) >= 11 is 0. The van der Waals surface area contributed by atoms with Crippen LogP contribution in [0.5, 0.6) is 0 Å². The van der Waals surface area contributed by atoms with Crippen molar-refractivity contribution in [2.75, 3.05) is 6.54 Å². The molecule has 3 N–H and O–H groups in total. The number of nitrogens with one attached hydrogen (secondary N) is 2. The average molecular weight is 301 g/mol. The minimum absolute atomic E-state index is 0.0660. The van der Waals surface area contributed by atoms with Crippen molar-refractivity contribution in [3.8, 4) is 0 Å². The highest BCUT2D eigenvalue weighted by Crippen LogP contribution is 2.67. The molecule has 1 heterocycles. The van der Waals surface area contributed by atoms with E-state index >= 15 is 0 Å². The molecule has 0 amide bonds. The van der Waals surface area contributed by atoms with Gasteiger partial charge in [-0.2, -0.15) is 5.10 Å². The highest BCUT2D eigenvalue weighted by Gasteiger charge is 2.64. The fourth-order valence-electron chi connectivity index (χ4n) is 3.04. The Balaban J connectivity index is 2.16. The average Bonchev–Trinajstić information content (AvgIpc) is 2.63. The van der Waals surface area contributed by atoms with Gasteiger partial charge in [0, 0.05) is 6.54 Å². The molecule has 1 aliphatic rings. The Morgan fingerprint density at radius 3 is 2.30 bits per heavy atom. The number of aryl methyl sites for hydroxylation is 1. The molecule has 114 valence electrons. The topological polar surface area (TPSA) is 95.1 Å². The van der Waals surface area contributed by atoms with E-state index in [2.05, 4.69) is 42.6 Å². The summed E-state index contributed by atoms with van der Waals surface area (Å²) in [4.78, 5) is 0.0660. The lowest BCUT2D eigenvalue weighted by atomic mass is 10.0. The van der Waals surface area contributed by atoms with Crippen LogP contribution < -0.4 is 4.72 Å². The minimum Gasteiger partial charge on any atom is -0.390 e. The van der Waals surface area contributed by atoms with Crippen LogP contribution in [0.4, 0.5) is 0 Å². The van der Waals surface area contributed by atoms with Gasteiger partial charge in [0.1, 0.15) is 10.6 Å². The number of aliphatic hydroxyl groups excluding tert-OH is 1. The number of rotatable bonds is 5. The van der Waals surface area contributed by atoms with Crippen molar-refractivity contribution in [3.05, 3.63) is 11.4 Å². The van der Waals surface area contributed by atoms with Crippen LogP contribution >= 0.6 is 0 Å². The molecule has 0 aromatic carbocycles.